The van der Waals surface area contributed by atoms with Gasteiger partial charge in [0.25, 0.3) is 0 Å². The van der Waals surface area contributed by atoms with E-state index in [1.54, 1.807) is 0 Å². The molecule has 0 spiro atoms. The Bertz CT molecular complexity index is 448. The lowest BCUT2D eigenvalue weighted by atomic mass is 10.1. The van der Waals surface area contributed by atoms with Crippen molar-refractivity contribution in [2.75, 3.05) is 0 Å². The molecule has 0 radical (unpaired) electrons. The molecular weight excluding hydrogens is 188 g/mol. The lowest BCUT2D eigenvalue weighted by Gasteiger charge is -2.00. The quantitative estimate of drug-likeness (QED) is 0.827. The highest BCUT2D eigenvalue weighted by atomic mass is 16.3. The van der Waals surface area contributed by atoms with Gasteiger partial charge in [-0.05, 0) is 24.6 Å². The summed E-state index contributed by atoms with van der Waals surface area (Å²) in [6.07, 6.45) is 1.96. The van der Waals surface area contributed by atoms with E-state index in [1.807, 2.05) is 41.2 Å². The van der Waals surface area contributed by atoms with Gasteiger partial charge < -0.3 is 5.11 Å². The van der Waals surface area contributed by atoms with Gasteiger partial charge in [0.05, 0.1) is 12.3 Å². The SMILES string of the molecule is CCn1ccc(-c2cccc(CO)c2)n1. The molecule has 1 aromatic heterocycles. The first-order chi connectivity index (χ1) is 7.33. The second kappa shape index (κ2) is 4.28. The van der Waals surface area contributed by atoms with Crippen LogP contribution in [0.15, 0.2) is 36.5 Å². The molecule has 0 saturated heterocycles. The molecule has 2 aromatic rings. The number of hydrogen-bond donors (Lipinski definition) is 1. The maximum atomic E-state index is 9.03. The van der Waals surface area contributed by atoms with Gasteiger partial charge in [0, 0.05) is 18.3 Å². The van der Waals surface area contributed by atoms with Crippen LogP contribution in [0, 0.1) is 0 Å². The molecule has 0 saturated carbocycles. The van der Waals surface area contributed by atoms with E-state index in [0.717, 1.165) is 23.4 Å². The molecule has 3 nitrogen and oxygen atoms in total. The van der Waals surface area contributed by atoms with Crippen LogP contribution in [0.25, 0.3) is 11.3 Å². The highest BCUT2D eigenvalue weighted by Crippen LogP contribution is 2.18. The maximum Gasteiger partial charge on any atom is 0.0923 e. The third-order valence-electron chi connectivity index (χ3n) is 2.37. The van der Waals surface area contributed by atoms with Crippen LogP contribution in [0.5, 0.6) is 0 Å². The van der Waals surface area contributed by atoms with Crippen molar-refractivity contribution in [2.24, 2.45) is 0 Å². The minimum atomic E-state index is 0.0718. The Morgan fingerprint density at radius 3 is 2.87 bits per heavy atom. The zero-order chi connectivity index (χ0) is 10.7. The van der Waals surface area contributed by atoms with Gasteiger partial charge in [-0.2, -0.15) is 5.10 Å². The Hall–Kier alpha value is -1.61. The molecule has 0 bridgehead atoms. The lowest BCUT2D eigenvalue weighted by Crippen LogP contribution is -1.94. The summed E-state index contributed by atoms with van der Waals surface area (Å²) in [6.45, 7) is 3.00. The lowest BCUT2D eigenvalue weighted by molar-refractivity contribution is 0.282. The van der Waals surface area contributed by atoms with Crippen LogP contribution in [0.4, 0.5) is 0 Å². The molecule has 15 heavy (non-hydrogen) atoms. The molecule has 1 N–H and O–H groups in total. The summed E-state index contributed by atoms with van der Waals surface area (Å²) in [5, 5.41) is 13.4. The van der Waals surface area contributed by atoms with Crippen LogP contribution in [0.3, 0.4) is 0 Å². The molecule has 0 amide bonds. The van der Waals surface area contributed by atoms with Gasteiger partial charge in [0.2, 0.25) is 0 Å². The van der Waals surface area contributed by atoms with E-state index in [4.69, 9.17) is 5.11 Å². The van der Waals surface area contributed by atoms with Crippen molar-refractivity contribution in [1.29, 1.82) is 0 Å². The van der Waals surface area contributed by atoms with Crippen LogP contribution in [-0.2, 0) is 13.2 Å². The standard InChI is InChI=1S/C12H14N2O/c1-2-14-7-6-12(13-14)11-5-3-4-10(8-11)9-15/h3-8,15H,2,9H2,1H3. The number of hydrogen-bond acceptors (Lipinski definition) is 2. The average molecular weight is 202 g/mol. The normalized spacial score (nSPS) is 10.5. The molecule has 0 aliphatic rings. The Morgan fingerprint density at radius 2 is 2.20 bits per heavy atom. The fourth-order valence-corrected chi connectivity index (χ4v) is 1.52. The molecule has 0 aliphatic carbocycles. The molecule has 0 atom stereocenters. The van der Waals surface area contributed by atoms with Crippen molar-refractivity contribution < 1.29 is 5.11 Å². The van der Waals surface area contributed by atoms with Crippen LogP contribution in [0.2, 0.25) is 0 Å². The Balaban J connectivity index is 2.35. The Kier molecular flexibility index (Phi) is 2.83. The topological polar surface area (TPSA) is 38.0 Å². The second-order valence-electron chi connectivity index (χ2n) is 3.42. The molecule has 2 rings (SSSR count). The number of aromatic nitrogens is 2. The smallest absolute Gasteiger partial charge is 0.0923 e. The largest absolute Gasteiger partial charge is 0.392 e. The van der Waals surface area contributed by atoms with Crippen LogP contribution in [-0.4, -0.2) is 14.9 Å². The number of nitrogens with zero attached hydrogens (tertiary/aromatic N) is 2. The van der Waals surface area contributed by atoms with Gasteiger partial charge in [-0.3, -0.25) is 4.68 Å². The fraction of sp³-hybridized carbons (Fsp3) is 0.250. The summed E-state index contributed by atoms with van der Waals surface area (Å²) in [5.74, 6) is 0. The summed E-state index contributed by atoms with van der Waals surface area (Å²) in [6, 6.07) is 9.79. The second-order valence-corrected chi connectivity index (χ2v) is 3.42. The van der Waals surface area contributed by atoms with Crippen molar-refractivity contribution >= 4 is 0 Å². The van der Waals surface area contributed by atoms with Crippen LogP contribution >= 0.6 is 0 Å². The predicted molar refractivity (Wildman–Crippen MR) is 59.3 cm³/mol. The van der Waals surface area contributed by atoms with E-state index in [9.17, 15) is 0 Å². The Labute approximate surface area is 89.0 Å². The number of benzene rings is 1. The van der Waals surface area contributed by atoms with Gasteiger partial charge in [-0.15, -0.1) is 0 Å². The predicted octanol–water partition coefficient (Wildman–Crippen LogP) is 2.06. The highest BCUT2D eigenvalue weighted by Gasteiger charge is 2.01. The molecule has 1 aromatic carbocycles. The maximum absolute atomic E-state index is 9.03. The first-order valence-electron chi connectivity index (χ1n) is 5.07. The van der Waals surface area contributed by atoms with Gasteiger partial charge in [-0.1, -0.05) is 18.2 Å². The molecule has 0 aliphatic heterocycles. The zero-order valence-electron chi connectivity index (χ0n) is 8.72. The third kappa shape index (κ3) is 2.07. The summed E-state index contributed by atoms with van der Waals surface area (Å²) in [5.41, 5.74) is 2.92. The van der Waals surface area contributed by atoms with Crippen LogP contribution < -0.4 is 0 Å². The number of aliphatic hydroxyl groups is 1. The number of aliphatic hydroxyl groups excluding tert-OH is 1. The molecule has 0 fully saturated rings. The number of rotatable bonds is 3. The fourth-order valence-electron chi connectivity index (χ4n) is 1.52. The summed E-state index contributed by atoms with van der Waals surface area (Å²) in [7, 11) is 0. The van der Waals surface area contributed by atoms with E-state index < -0.39 is 0 Å². The molecule has 0 unspecified atom stereocenters. The highest BCUT2D eigenvalue weighted by molar-refractivity contribution is 5.59. The molecule has 3 heteroatoms. The van der Waals surface area contributed by atoms with E-state index in [2.05, 4.69) is 12.0 Å². The van der Waals surface area contributed by atoms with Crippen molar-refractivity contribution in [3.8, 4) is 11.3 Å². The number of aryl methyl sites for hydroxylation is 1. The van der Waals surface area contributed by atoms with Gasteiger partial charge in [0.1, 0.15) is 0 Å². The average Bonchev–Trinajstić information content (AvgIpc) is 2.78. The van der Waals surface area contributed by atoms with Crippen molar-refractivity contribution in [3.63, 3.8) is 0 Å². The van der Waals surface area contributed by atoms with Gasteiger partial charge in [-0.25, -0.2) is 0 Å². The third-order valence-corrected chi connectivity index (χ3v) is 2.37. The Morgan fingerprint density at radius 1 is 1.33 bits per heavy atom. The van der Waals surface area contributed by atoms with Crippen molar-refractivity contribution in [1.82, 2.24) is 9.78 Å². The minimum Gasteiger partial charge on any atom is -0.392 e. The molecular formula is C12H14N2O. The molecule has 78 valence electrons. The van der Waals surface area contributed by atoms with Crippen molar-refractivity contribution in [3.05, 3.63) is 42.1 Å². The van der Waals surface area contributed by atoms with Crippen LogP contribution in [0.1, 0.15) is 12.5 Å². The molecule has 1 heterocycles. The zero-order valence-corrected chi connectivity index (χ0v) is 8.72. The summed E-state index contributed by atoms with van der Waals surface area (Å²) in [4.78, 5) is 0. The first-order valence-corrected chi connectivity index (χ1v) is 5.07. The minimum absolute atomic E-state index is 0.0718. The van der Waals surface area contributed by atoms with E-state index in [1.165, 1.54) is 0 Å². The monoisotopic (exact) mass is 202 g/mol. The van der Waals surface area contributed by atoms with Gasteiger partial charge >= 0.3 is 0 Å². The van der Waals surface area contributed by atoms with E-state index >= 15 is 0 Å². The first kappa shape index (κ1) is 9.93. The van der Waals surface area contributed by atoms with Crippen molar-refractivity contribution in [2.45, 2.75) is 20.1 Å². The van der Waals surface area contributed by atoms with E-state index in [0.29, 0.717) is 0 Å². The van der Waals surface area contributed by atoms with Gasteiger partial charge in [0.15, 0.2) is 0 Å². The summed E-state index contributed by atoms with van der Waals surface area (Å²) >= 11 is 0. The summed E-state index contributed by atoms with van der Waals surface area (Å²) < 4.78 is 1.89. The van der Waals surface area contributed by atoms with E-state index in [-0.39, 0.29) is 6.61 Å².